The van der Waals surface area contributed by atoms with E-state index < -0.39 is 12.2 Å². The molecule has 4 N–H and O–H groups in total. The molecular formula is C11H24N2O2. The van der Waals surface area contributed by atoms with Crippen molar-refractivity contribution in [3.8, 4) is 0 Å². The molecule has 0 aromatic carbocycles. The third-order valence-corrected chi connectivity index (χ3v) is 2.97. The highest BCUT2D eigenvalue weighted by Gasteiger charge is 2.32. The fraction of sp³-hybridized carbons (Fsp3) is 1.00. The van der Waals surface area contributed by atoms with E-state index in [0.717, 1.165) is 13.1 Å². The maximum absolute atomic E-state index is 9.55. The van der Waals surface area contributed by atoms with E-state index in [-0.39, 0.29) is 6.04 Å². The average molecular weight is 216 g/mol. The Kier molecular flexibility index (Phi) is 6.17. The van der Waals surface area contributed by atoms with E-state index in [4.69, 9.17) is 0 Å². The number of aliphatic hydroxyl groups is 2. The molecule has 15 heavy (non-hydrogen) atoms. The smallest absolute Gasteiger partial charge is 0.0976 e. The predicted molar refractivity (Wildman–Crippen MR) is 60.8 cm³/mol. The molecule has 4 nitrogen and oxygen atoms in total. The van der Waals surface area contributed by atoms with Crippen LogP contribution in [-0.4, -0.2) is 48.1 Å². The SMILES string of the molecule is CCCCCCNC[C@H]1NC[C@H](O)[C@H]1O. The minimum absolute atomic E-state index is 0.00572. The molecule has 1 aliphatic rings. The normalized spacial score (nSPS) is 31.0. The van der Waals surface area contributed by atoms with Gasteiger partial charge in [0.25, 0.3) is 0 Å². The number of rotatable bonds is 7. The summed E-state index contributed by atoms with van der Waals surface area (Å²) in [4.78, 5) is 0. The van der Waals surface area contributed by atoms with Crippen molar-refractivity contribution in [2.45, 2.75) is 50.9 Å². The van der Waals surface area contributed by atoms with E-state index in [2.05, 4.69) is 17.6 Å². The number of hydrogen-bond donors (Lipinski definition) is 4. The molecule has 0 aliphatic carbocycles. The van der Waals surface area contributed by atoms with Crippen LogP contribution in [0, 0.1) is 0 Å². The minimum atomic E-state index is -0.617. The maximum atomic E-state index is 9.55. The highest BCUT2D eigenvalue weighted by Crippen LogP contribution is 2.06. The van der Waals surface area contributed by atoms with Gasteiger partial charge in [0.05, 0.1) is 12.2 Å². The first-order valence-electron chi connectivity index (χ1n) is 6.06. The van der Waals surface area contributed by atoms with Crippen LogP contribution >= 0.6 is 0 Å². The highest BCUT2D eigenvalue weighted by molar-refractivity contribution is 4.91. The maximum Gasteiger partial charge on any atom is 0.0976 e. The van der Waals surface area contributed by atoms with Crippen LogP contribution in [0.15, 0.2) is 0 Å². The van der Waals surface area contributed by atoms with Gasteiger partial charge in [0.2, 0.25) is 0 Å². The Morgan fingerprint density at radius 3 is 2.67 bits per heavy atom. The Hall–Kier alpha value is -0.160. The quantitative estimate of drug-likeness (QED) is 0.447. The largest absolute Gasteiger partial charge is 0.389 e. The average Bonchev–Trinajstić information content (AvgIpc) is 2.54. The molecule has 4 heteroatoms. The van der Waals surface area contributed by atoms with E-state index in [1.165, 1.54) is 25.7 Å². The molecule has 0 saturated carbocycles. The van der Waals surface area contributed by atoms with E-state index >= 15 is 0 Å². The predicted octanol–water partition coefficient (Wildman–Crippen LogP) is -0.150. The summed E-state index contributed by atoms with van der Waals surface area (Å²) in [5.74, 6) is 0. The summed E-state index contributed by atoms with van der Waals surface area (Å²) >= 11 is 0. The van der Waals surface area contributed by atoms with Crippen LogP contribution in [0.4, 0.5) is 0 Å². The van der Waals surface area contributed by atoms with Crippen LogP contribution in [0.3, 0.4) is 0 Å². The van der Waals surface area contributed by atoms with Gasteiger partial charge in [0, 0.05) is 19.1 Å². The molecule has 0 bridgehead atoms. The number of aliphatic hydroxyl groups excluding tert-OH is 2. The Morgan fingerprint density at radius 1 is 1.27 bits per heavy atom. The van der Waals surface area contributed by atoms with Gasteiger partial charge in [-0.3, -0.25) is 0 Å². The van der Waals surface area contributed by atoms with Gasteiger partial charge in [0.15, 0.2) is 0 Å². The lowest BCUT2D eigenvalue weighted by Crippen LogP contribution is -2.41. The van der Waals surface area contributed by atoms with Gasteiger partial charge in [0.1, 0.15) is 0 Å². The van der Waals surface area contributed by atoms with Crippen LogP contribution < -0.4 is 10.6 Å². The summed E-state index contributed by atoms with van der Waals surface area (Å²) in [7, 11) is 0. The molecule has 0 spiro atoms. The van der Waals surface area contributed by atoms with Gasteiger partial charge in [-0.2, -0.15) is 0 Å². The van der Waals surface area contributed by atoms with Gasteiger partial charge in [-0.1, -0.05) is 26.2 Å². The van der Waals surface area contributed by atoms with E-state index in [1.807, 2.05) is 0 Å². The Labute approximate surface area is 92.1 Å². The second kappa shape index (κ2) is 7.17. The molecule has 0 amide bonds. The minimum Gasteiger partial charge on any atom is -0.389 e. The molecule has 3 atom stereocenters. The van der Waals surface area contributed by atoms with Gasteiger partial charge in [-0.25, -0.2) is 0 Å². The van der Waals surface area contributed by atoms with Crippen LogP contribution in [0.25, 0.3) is 0 Å². The van der Waals surface area contributed by atoms with Crippen molar-refractivity contribution in [3.63, 3.8) is 0 Å². The molecule has 1 heterocycles. The molecule has 0 radical (unpaired) electrons. The summed E-state index contributed by atoms with van der Waals surface area (Å²) in [6.07, 6.45) is 3.80. The number of β-amino-alcohol motifs (C(OH)–C–C–N with tert-alkyl or cyclic N) is 1. The van der Waals surface area contributed by atoms with Crippen molar-refractivity contribution < 1.29 is 10.2 Å². The van der Waals surface area contributed by atoms with Crippen molar-refractivity contribution in [3.05, 3.63) is 0 Å². The highest BCUT2D eigenvalue weighted by atomic mass is 16.3. The number of hydrogen-bond acceptors (Lipinski definition) is 4. The lowest BCUT2D eigenvalue weighted by molar-refractivity contribution is 0.0407. The van der Waals surface area contributed by atoms with Crippen LogP contribution in [-0.2, 0) is 0 Å². The third-order valence-electron chi connectivity index (χ3n) is 2.97. The number of nitrogens with one attached hydrogen (secondary N) is 2. The zero-order chi connectivity index (χ0) is 11.1. The summed E-state index contributed by atoms with van der Waals surface area (Å²) in [6.45, 7) is 4.45. The van der Waals surface area contributed by atoms with E-state index in [0.29, 0.717) is 6.54 Å². The van der Waals surface area contributed by atoms with Crippen LogP contribution in [0.2, 0.25) is 0 Å². The van der Waals surface area contributed by atoms with Crippen molar-refractivity contribution in [2.24, 2.45) is 0 Å². The first kappa shape index (κ1) is 12.9. The van der Waals surface area contributed by atoms with Gasteiger partial charge in [-0.15, -0.1) is 0 Å². The molecule has 0 unspecified atom stereocenters. The molecule has 1 aliphatic heterocycles. The van der Waals surface area contributed by atoms with Crippen molar-refractivity contribution in [2.75, 3.05) is 19.6 Å². The van der Waals surface area contributed by atoms with Crippen LogP contribution in [0.1, 0.15) is 32.6 Å². The summed E-state index contributed by atoms with van der Waals surface area (Å²) < 4.78 is 0. The van der Waals surface area contributed by atoms with Crippen molar-refractivity contribution >= 4 is 0 Å². The van der Waals surface area contributed by atoms with Crippen molar-refractivity contribution in [1.82, 2.24) is 10.6 Å². The summed E-state index contributed by atoms with van der Waals surface area (Å²) in [5.41, 5.74) is 0. The fourth-order valence-corrected chi connectivity index (χ4v) is 1.91. The number of unbranched alkanes of at least 4 members (excludes halogenated alkanes) is 3. The van der Waals surface area contributed by atoms with Crippen molar-refractivity contribution in [1.29, 1.82) is 0 Å². The molecule has 0 aromatic rings. The Bertz CT molecular complexity index is 167. The molecule has 0 aromatic heterocycles. The molecule has 90 valence electrons. The van der Waals surface area contributed by atoms with E-state index in [9.17, 15) is 10.2 Å². The molecule has 1 fully saturated rings. The summed E-state index contributed by atoms with van der Waals surface area (Å²) in [5, 5.41) is 25.2. The molecule has 1 rings (SSSR count). The first-order valence-corrected chi connectivity index (χ1v) is 6.06. The zero-order valence-electron chi connectivity index (χ0n) is 9.58. The summed E-state index contributed by atoms with van der Waals surface area (Å²) in [6, 6.07) is 0.00572. The lowest BCUT2D eigenvalue weighted by atomic mass is 10.1. The molecular weight excluding hydrogens is 192 g/mol. The Morgan fingerprint density at radius 2 is 2.07 bits per heavy atom. The Balaban J connectivity index is 1.96. The van der Waals surface area contributed by atoms with Gasteiger partial charge >= 0.3 is 0 Å². The van der Waals surface area contributed by atoms with Gasteiger partial charge in [-0.05, 0) is 13.0 Å². The second-order valence-electron chi connectivity index (χ2n) is 4.34. The standard InChI is InChI=1S/C11H24N2O2/c1-2-3-4-5-6-12-7-9-11(15)10(14)8-13-9/h9-15H,2-8H2,1H3/t9-,10+,11+/m1/s1. The molecule has 1 saturated heterocycles. The topological polar surface area (TPSA) is 64.5 Å². The van der Waals surface area contributed by atoms with E-state index in [1.54, 1.807) is 0 Å². The zero-order valence-corrected chi connectivity index (χ0v) is 9.58. The fourth-order valence-electron chi connectivity index (χ4n) is 1.91. The lowest BCUT2D eigenvalue weighted by Gasteiger charge is -2.16. The van der Waals surface area contributed by atoms with Crippen LogP contribution in [0.5, 0.6) is 0 Å². The third kappa shape index (κ3) is 4.47. The monoisotopic (exact) mass is 216 g/mol. The first-order chi connectivity index (χ1) is 7.25. The second-order valence-corrected chi connectivity index (χ2v) is 4.34. The van der Waals surface area contributed by atoms with Gasteiger partial charge < -0.3 is 20.8 Å².